The monoisotopic (exact) mass is 405 g/mol. The zero-order chi connectivity index (χ0) is 21.0. The first kappa shape index (κ1) is 19.3. The molecule has 3 aliphatic heterocycles. The van der Waals surface area contributed by atoms with Crippen molar-refractivity contribution in [3.8, 4) is 11.5 Å². The van der Waals surface area contributed by atoms with E-state index < -0.39 is 0 Å². The molecule has 5 nitrogen and oxygen atoms in total. The Labute approximate surface area is 176 Å². The molecule has 0 bridgehead atoms. The zero-order valence-electron chi connectivity index (χ0n) is 17.4. The fourth-order valence-corrected chi connectivity index (χ4v) is 5.81. The van der Waals surface area contributed by atoms with Crippen LogP contribution in [-0.2, 0) is 0 Å². The van der Waals surface area contributed by atoms with Gasteiger partial charge in [0.25, 0.3) is 0 Å². The third kappa shape index (κ3) is 2.95. The van der Waals surface area contributed by atoms with Gasteiger partial charge in [-0.2, -0.15) is 0 Å². The second-order valence-corrected chi connectivity index (χ2v) is 8.92. The predicted molar refractivity (Wildman–Crippen MR) is 113 cm³/mol. The quantitative estimate of drug-likeness (QED) is 0.780. The average molecular weight is 405 g/mol. The van der Waals surface area contributed by atoms with Crippen LogP contribution in [0.1, 0.15) is 57.5 Å². The summed E-state index contributed by atoms with van der Waals surface area (Å²) in [5, 5.41) is 10.2. The van der Waals surface area contributed by atoms with Crippen molar-refractivity contribution in [3.63, 3.8) is 0 Å². The van der Waals surface area contributed by atoms with Gasteiger partial charge in [-0.05, 0) is 56.4 Å². The molecule has 2 saturated heterocycles. The van der Waals surface area contributed by atoms with Gasteiger partial charge in [-0.25, -0.2) is 0 Å². The van der Waals surface area contributed by atoms with Crippen molar-refractivity contribution in [1.82, 2.24) is 4.90 Å². The van der Waals surface area contributed by atoms with E-state index in [1.54, 1.807) is 12.1 Å². The molecule has 1 N–H and O–H groups in total. The Hall–Kier alpha value is -2.66. The molecule has 2 fully saturated rings. The standard InChI is InChI=1S/C25H27NO4/c1-14-5-3-7-18(27)22(14)19(28)13-16-9-10-17-24-21(11-12-26(16)17)30-20-8-4-6-15(2)23(20)25(24)29/h3-8,16-17,21,24,27H,9-13H2,1-2H3/t16-,17+,21-,24+/m0/s1. The smallest absolute Gasteiger partial charge is 0.175 e. The normalized spacial score (nSPS) is 27.7. The highest BCUT2D eigenvalue weighted by Gasteiger charge is 2.51. The van der Waals surface area contributed by atoms with Crippen LogP contribution in [0.3, 0.4) is 0 Å². The number of hydrogen-bond acceptors (Lipinski definition) is 5. The van der Waals surface area contributed by atoms with E-state index in [0.717, 1.165) is 48.2 Å². The van der Waals surface area contributed by atoms with Crippen LogP contribution >= 0.6 is 0 Å². The lowest BCUT2D eigenvalue weighted by Crippen LogP contribution is -2.56. The third-order valence-corrected chi connectivity index (χ3v) is 7.19. The van der Waals surface area contributed by atoms with E-state index in [1.165, 1.54) is 0 Å². The van der Waals surface area contributed by atoms with E-state index in [-0.39, 0.29) is 41.4 Å². The number of ketones is 2. The molecule has 30 heavy (non-hydrogen) atoms. The topological polar surface area (TPSA) is 66.8 Å². The highest BCUT2D eigenvalue weighted by atomic mass is 16.5. The summed E-state index contributed by atoms with van der Waals surface area (Å²) in [5.41, 5.74) is 2.92. The summed E-state index contributed by atoms with van der Waals surface area (Å²) in [5.74, 6) is 0.772. The molecular weight excluding hydrogens is 378 g/mol. The van der Waals surface area contributed by atoms with E-state index >= 15 is 0 Å². The first-order valence-electron chi connectivity index (χ1n) is 10.8. The van der Waals surface area contributed by atoms with Crippen LogP contribution in [0.25, 0.3) is 0 Å². The van der Waals surface area contributed by atoms with Crippen molar-refractivity contribution in [3.05, 3.63) is 58.7 Å². The van der Waals surface area contributed by atoms with Crippen molar-refractivity contribution in [2.24, 2.45) is 5.92 Å². The van der Waals surface area contributed by atoms with E-state index in [1.807, 2.05) is 38.1 Å². The van der Waals surface area contributed by atoms with Crippen LogP contribution in [-0.4, -0.2) is 46.3 Å². The molecule has 0 unspecified atom stereocenters. The number of carbonyl (C=O) groups excluding carboxylic acids is 2. The number of rotatable bonds is 3. The molecule has 0 saturated carbocycles. The fourth-order valence-electron chi connectivity index (χ4n) is 5.81. The van der Waals surface area contributed by atoms with E-state index in [2.05, 4.69) is 4.90 Å². The summed E-state index contributed by atoms with van der Waals surface area (Å²) < 4.78 is 6.26. The minimum absolute atomic E-state index is 0.0224. The maximum Gasteiger partial charge on any atom is 0.175 e. The Morgan fingerprint density at radius 2 is 1.87 bits per heavy atom. The molecule has 3 aliphatic rings. The van der Waals surface area contributed by atoms with Gasteiger partial charge in [0.15, 0.2) is 11.6 Å². The first-order valence-corrected chi connectivity index (χ1v) is 10.8. The average Bonchev–Trinajstić information content (AvgIpc) is 3.10. The maximum atomic E-state index is 13.4. The van der Waals surface area contributed by atoms with Crippen molar-refractivity contribution < 1.29 is 19.4 Å². The SMILES string of the molecule is Cc1cccc(O)c1C(=O)C[C@@H]1CC[C@@H]2[C@H]3C(=O)c4c(C)cccc4O[C@H]3CCN12. The number of benzene rings is 2. The van der Waals surface area contributed by atoms with Gasteiger partial charge < -0.3 is 9.84 Å². The molecule has 5 heteroatoms. The molecule has 3 heterocycles. The highest BCUT2D eigenvalue weighted by Crippen LogP contribution is 2.44. The van der Waals surface area contributed by atoms with Crippen LogP contribution < -0.4 is 4.74 Å². The molecule has 0 aromatic heterocycles. The molecular formula is C25H27NO4. The number of Topliss-reactive ketones (excluding diaryl/α,β-unsaturated/α-hetero) is 2. The predicted octanol–water partition coefficient (Wildman–Crippen LogP) is 4.08. The molecule has 156 valence electrons. The van der Waals surface area contributed by atoms with Gasteiger partial charge in [-0.15, -0.1) is 0 Å². The largest absolute Gasteiger partial charge is 0.507 e. The van der Waals surface area contributed by atoms with Crippen LogP contribution in [0.15, 0.2) is 36.4 Å². The Morgan fingerprint density at radius 1 is 1.10 bits per heavy atom. The maximum absolute atomic E-state index is 13.4. The van der Waals surface area contributed by atoms with Gasteiger partial charge in [0, 0.05) is 25.0 Å². The Morgan fingerprint density at radius 3 is 2.67 bits per heavy atom. The molecule has 5 rings (SSSR count). The van der Waals surface area contributed by atoms with Crippen molar-refractivity contribution in [2.45, 2.75) is 57.7 Å². The van der Waals surface area contributed by atoms with E-state index in [0.29, 0.717) is 12.0 Å². The third-order valence-electron chi connectivity index (χ3n) is 7.19. The number of fused-ring (bicyclic) bond motifs is 4. The number of phenolic OH excluding ortho intramolecular Hbond substituents is 1. The lowest BCUT2D eigenvalue weighted by molar-refractivity contribution is -0.000333. The summed E-state index contributed by atoms with van der Waals surface area (Å²) in [7, 11) is 0. The summed E-state index contributed by atoms with van der Waals surface area (Å²) >= 11 is 0. The minimum Gasteiger partial charge on any atom is -0.507 e. The zero-order valence-corrected chi connectivity index (χ0v) is 17.4. The van der Waals surface area contributed by atoms with Gasteiger partial charge in [-0.1, -0.05) is 24.3 Å². The number of phenols is 1. The molecule has 0 spiro atoms. The highest BCUT2D eigenvalue weighted by molar-refractivity contribution is 6.03. The number of carbonyl (C=O) groups is 2. The van der Waals surface area contributed by atoms with Gasteiger partial charge in [0.1, 0.15) is 17.6 Å². The van der Waals surface area contributed by atoms with Crippen molar-refractivity contribution >= 4 is 11.6 Å². The Bertz CT molecular complexity index is 1010. The van der Waals surface area contributed by atoms with Crippen LogP contribution in [0.2, 0.25) is 0 Å². The van der Waals surface area contributed by atoms with E-state index in [9.17, 15) is 14.7 Å². The Kier molecular flexibility index (Phi) is 4.66. The number of hydrogen-bond donors (Lipinski definition) is 1. The summed E-state index contributed by atoms with van der Waals surface area (Å²) in [4.78, 5) is 28.8. The van der Waals surface area contributed by atoms with Crippen LogP contribution in [0, 0.1) is 19.8 Å². The Balaban J connectivity index is 1.38. The molecule has 2 aromatic carbocycles. The molecule has 4 atom stereocenters. The van der Waals surface area contributed by atoms with Gasteiger partial charge in [0.05, 0.1) is 17.0 Å². The van der Waals surface area contributed by atoms with Gasteiger partial charge >= 0.3 is 0 Å². The second kappa shape index (κ2) is 7.24. The lowest BCUT2D eigenvalue weighted by atomic mass is 9.78. The minimum atomic E-state index is -0.167. The summed E-state index contributed by atoms with van der Waals surface area (Å²) in [6.07, 6.45) is 2.87. The number of aromatic hydroxyl groups is 1. The van der Waals surface area contributed by atoms with Gasteiger partial charge in [0.2, 0.25) is 0 Å². The van der Waals surface area contributed by atoms with Crippen LogP contribution in [0.4, 0.5) is 0 Å². The molecule has 0 amide bonds. The number of piperidine rings is 1. The van der Waals surface area contributed by atoms with E-state index in [4.69, 9.17) is 4.74 Å². The second-order valence-electron chi connectivity index (χ2n) is 8.92. The van der Waals surface area contributed by atoms with Crippen molar-refractivity contribution in [1.29, 1.82) is 0 Å². The summed E-state index contributed by atoms with van der Waals surface area (Å²) in [6.45, 7) is 4.65. The lowest BCUT2D eigenvalue weighted by Gasteiger charge is -2.45. The molecule has 0 radical (unpaired) electrons. The molecule has 0 aliphatic carbocycles. The van der Waals surface area contributed by atoms with Gasteiger partial charge in [-0.3, -0.25) is 14.5 Å². The first-order chi connectivity index (χ1) is 14.5. The fraction of sp³-hybridized carbons (Fsp3) is 0.440. The van der Waals surface area contributed by atoms with Crippen molar-refractivity contribution in [2.75, 3.05) is 6.54 Å². The molecule has 2 aromatic rings. The number of aryl methyl sites for hydroxylation is 2. The van der Waals surface area contributed by atoms with Crippen LogP contribution in [0.5, 0.6) is 11.5 Å². The number of nitrogens with zero attached hydrogens (tertiary/aromatic N) is 1. The number of ether oxygens (including phenoxy) is 1. The summed E-state index contributed by atoms with van der Waals surface area (Å²) in [6, 6.07) is 11.2.